The summed E-state index contributed by atoms with van der Waals surface area (Å²) >= 11 is 0. The van der Waals surface area contributed by atoms with Crippen LogP contribution in [0.3, 0.4) is 0 Å². The fourth-order valence-corrected chi connectivity index (χ4v) is 3.71. The smallest absolute Gasteiger partial charge is 0.337 e. The molecule has 0 amide bonds. The van der Waals surface area contributed by atoms with E-state index in [0.717, 1.165) is 24.8 Å². The second-order valence-corrected chi connectivity index (χ2v) is 7.33. The Balaban J connectivity index is 2.09. The van der Waals surface area contributed by atoms with E-state index in [1.807, 2.05) is 0 Å². The summed E-state index contributed by atoms with van der Waals surface area (Å²) in [7, 11) is 0. The van der Waals surface area contributed by atoms with Crippen molar-refractivity contribution in [1.29, 1.82) is 0 Å². The molecule has 1 N–H and O–H groups in total. The highest BCUT2D eigenvalue weighted by molar-refractivity contribution is 5.93. The SMILES string of the molecule is CC(=O)CC/C=C(\C)CC[C@]1(C)C2=C(C(=O)OC2)C(O)C[C@H]1C. The summed E-state index contributed by atoms with van der Waals surface area (Å²) in [4.78, 5) is 22.9. The number of carbonyl (C=O) groups excluding carboxylic acids is 2. The van der Waals surface area contributed by atoms with Gasteiger partial charge in [0.2, 0.25) is 0 Å². The summed E-state index contributed by atoms with van der Waals surface area (Å²) in [6.07, 6.45) is 5.31. The number of cyclic esters (lactones) is 1. The predicted molar refractivity (Wildman–Crippen MR) is 88.8 cm³/mol. The van der Waals surface area contributed by atoms with E-state index in [1.54, 1.807) is 6.92 Å². The van der Waals surface area contributed by atoms with Crippen molar-refractivity contribution in [2.45, 2.75) is 65.9 Å². The van der Waals surface area contributed by atoms with E-state index in [1.165, 1.54) is 5.57 Å². The lowest BCUT2D eigenvalue weighted by atomic mass is 9.62. The lowest BCUT2D eigenvalue weighted by Crippen LogP contribution is -2.38. The van der Waals surface area contributed by atoms with E-state index in [4.69, 9.17) is 4.74 Å². The fraction of sp³-hybridized carbons (Fsp3) is 0.684. The summed E-state index contributed by atoms with van der Waals surface area (Å²) in [6.45, 7) is 8.36. The average Bonchev–Trinajstić information content (AvgIpc) is 2.86. The third-order valence-electron chi connectivity index (χ3n) is 5.61. The first-order chi connectivity index (χ1) is 10.8. The Kier molecular flexibility index (Phi) is 5.45. The third-order valence-corrected chi connectivity index (χ3v) is 5.61. The summed E-state index contributed by atoms with van der Waals surface area (Å²) in [5.74, 6) is 0.169. The number of Topliss-reactive ketones (excluding diaryl/α,β-unsaturated/α-hetero) is 1. The van der Waals surface area contributed by atoms with Crippen molar-refractivity contribution in [3.8, 4) is 0 Å². The van der Waals surface area contributed by atoms with Crippen LogP contribution in [0.2, 0.25) is 0 Å². The van der Waals surface area contributed by atoms with E-state index in [2.05, 4.69) is 26.8 Å². The Hall–Kier alpha value is -1.42. The van der Waals surface area contributed by atoms with Crippen molar-refractivity contribution in [3.05, 3.63) is 22.8 Å². The standard InChI is InChI=1S/C19H28O4/c1-12(6-5-7-14(3)20)8-9-19(4)13(2)10-16(21)17-15(19)11-23-18(17)22/h6,13,16,21H,5,7-11H2,1-4H3/b12-6+/t13-,16?,19+/m1/s1. The van der Waals surface area contributed by atoms with Crippen LogP contribution in [-0.2, 0) is 14.3 Å². The normalized spacial score (nSPS) is 31.2. The molecule has 1 aliphatic carbocycles. The van der Waals surface area contributed by atoms with Gasteiger partial charge >= 0.3 is 5.97 Å². The Morgan fingerprint density at radius 1 is 1.39 bits per heavy atom. The molecule has 0 fully saturated rings. The highest BCUT2D eigenvalue weighted by Gasteiger charge is 2.47. The average molecular weight is 320 g/mol. The lowest BCUT2D eigenvalue weighted by molar-refractivity contribution is -0.136. The summed E-state index contributed by atoms with van der Waals surface area (Å²) < 4.78 is 5.19. The van der Waals surface area contributed by atoms with Crippen LogP contribution in [0.25, 0.3) is 0 Å². The number of rotatable bonds is 6. The molecule has 4 nitrogen and oxygen atoms in total. The van der Waals surface area contributed by atoms with Crippen LogP contribution in [0.5, 0.6) is 0 Å². The number of allylic oxidation sites excluding steroid dienone is 2. The van der Waals surface area contributed by atoms with Crippen molar-refractivity contribution < 1.29 is 19.4 Å². The van der Waals surface area contributed by atoms with Gasteiger partial charge in [0, 0.05) is 6.42 Å². The van der Waals surface area contributed by atoms with Gasteiger partial charge in [0.25, 0.3) is 0 Å². The van der Waals surface area contributed by atoms with Gasteiger partial charge < -0.3 is 14.6 Å². The van der Waals surface area contributed by atoms with Gasteiger partial charge in [0.1, 0.15) is 12.4 Å². The first kappa shape index (κ1) is 17.9. The Morgan fingerprint density at radius 2 is 2.09 bits per heavy atom. The molecule has 0 spiro atoms. The van der Waals surface area contributed by atoms with Crippen molar-refractivity contribution in [2.75, 3.05) is 6.61 Å². The van der Waals surface area contributed by atoms with Gasteiger partial charge in [-0.25, -0.2) is 4.79 Å². The highest BCUT2D eigenvalue weighted by atomic mass is 16.5. The Labute approximate surface area is 138 Å². The molecular formula is C19H28O4. The minimum atomic E-state index is -0.685. The molecule has 0 saturated heterocycles. The molecule has 128 valence electrons. The van der Waals surface area contributed by atoms with E-state index in [9.17, 15) is 14.7 Å². The zero-order chi connectivity index (χ0) is 17.2. The van der Waals surface area contributed by atoms with Gasteiger partial charge in [-0.1, -0.05) is 25.5 Å². The second-order valence-electron chi connectivity index (χ2n) is 7.33. The molecule has 0 radical (unpaired) electrons. The molecule has 0 aromatic heterocycles. The van der Waals surface area contributed by atoms with E-state index in [0.29, 0.717) is 30.9 Å². The maximum absolute atomic E-state index is 11.9. The quantitative estimate of drug-likeness (QED) is 0.602. The molecule has 1 heterocycles. The van der Waals surface area contributed by atoms with E-state index < -0.39 is 6.10 Å². The summed E-state index contributed by atoms with van der Waals surface area (Å²) in [5, 5.41) is 10.2. The number of ether oxygens (including phenoxy) is 1. The van der Waals surface area contributed by atoms with Crippen LogP contribution in [0.4, 0.5) is 0 Å². The number of ketones is 1. The molecule has 0 bridgehead atoms. The summed E-state index contributed by atoms with van der Waals surface area (Å²) in [6, 6.07) is 0. The number of esters is 1. The molecule has 23 heavy (non-hydrogen) atoms. The first-order valence-electron chi connectivity index (χ1n) is 8.49. The largest absolute Gasteiger partial charge is 0.458 e. The highest BCUT2D eigenvalue weighted by Crippen LogP contribution is 2.50. The molecule has 1 aliphatic heterocycles. The first-order valence-corrected chi connectivity index (χ1v) is 8.49. The number of carbonyl (C=O) groups is 2. The monoisotopic (exact) mass is 320 g/mol. The molecule has 3 atom stereocenters. The lowest BCUT2D eigenvalue weighted by Gasteiger charge is -2.42. The van der Waals surface area contributed by atoms with Crippen molar-refractivity contribution in [1.82, 2.24) is 0 Å². The van der Waals surface area contributed by atoms with Crippen LogP contribution >= 0.6 is 0 Å². The fourth-order valence-electron chi connectivity index (χ4n) is 3.71. The zero-order valence-corrected chi connectivity index (χ0v) is 14.6. The van der Waals surface area contributed by atoms with Crippen LogP contribution < -0.4 is 0 Å². The number of hydrogen-bond acceptors (Lipinski definition) is 4. The van der Waals surface area contributed by atoms with Crippen LogP contribution in [0.1, 0.15) is 59.8 Å². The molecule has 2 aliphatic rings. The van der Waals surface area contributed by atoms with Crippen molar-refractivity contribution in [2.24, 2.45) is 11.3 Å². The third kappa shape index (κ3) is 3.74. The van der Waals surface area contributed by atoms with Gasteiger partial charge in [0.15, 0.2) is 0 Å². The molecule has 1 unspecified atom stereocenters. The minimum Gasteiger partial charge on any atom is -0.458 e. The maximum Gasteiger partial charge on any atom is 0.337 e. The number of aliphatic hydroxyl groups is 1. The van der Waals surface area contributed by atoms with Crippen LogP contribution in [0.15, 0.2) is 22.8 Å². The van der Waals surface area contributed by atoms with E-state index >= 15 is 0 Å². The van der Waals surface area contributed by atoms with Gasteiger partial charge in [-0.2, -0.15) is 0 Å². The Morgan fingerprint density at radius 3 is 2.74 bits per heavy atom. The van der Waals surface area contributed by atoms with Gasteiger partial charge in [-0.15, -0.1) is 0 Å². The molecule has 2 rings (SSSR count). The summed E-state index contributed by atoms with van der Waals surface area (Å²) in [5.41, 5.74) is 2.66. The Bertz CT molecular complexity index is 558. The topological polar surface area (TPSA) is 63.6 Å². The predicted octanol–water partition coefficient (Wildman–Crippen LogP) is 3.34. The van der Waals surface area contributed by atoms with Gasteiger partial charge in [0.05, 0.1) is 11.7 Å². The van der Waals surface area contributed by atoms with Crippen LogP contribution in [0, 0.1) is 11.3 Å². The number of hydrogen-bond donors (Lipinski definition) is 1. The molecule has 4 heteroatoms. The molecule has 0 aromatic carbocycles. The van der Waals surface area contributed by atoms with Crippen molar-refractivity contribution >= 4 is 11.8 Å². The molecular weight excluding hydrogens is 292 g/mol. The van der Waals surface area contributed by atoms with E-state index in [-0.39, 0.29) is 17.2 Å². The zero-order valence-electron chi connectivity index (χ0n) is 14.6. The molecule has 0 aromatic rings. The van der Waals surface area contributed by atoms with Gasteiger partial charge in [-0.3, -0.25) is 0 Å². The minimum absolute atomic E-state index is 0.115. The maximum atomic E-state index is 11.9. The van der Waals surface area contributed by atoms with Crippen LogP contribution in [-0.4, -0.2) is 29.6 Å². The molecule has 0 saturated carbocycles. The number of aliphatic hydroxyl groups excluding tert-OH is 1. The van der Waals surface area contributed by atoms with Crippen molar-refractivity contribution in [3.63, 3.8) is 0 Å². The van der Waals surface area contributed by atoms with Gasteiger partial charge in [-0.05, 0) is 56.4 Å². The second kappa shape index (κ2) is 7.00.